The molecule has 0 amide bonds. The molecule has 9 heteroatoms. The van der Waals surface area contributed by atoms with Gasteiger partial charge in [0.15, 0.2) is 11.5 Å². The van der Waals surface area contributed by atoms with Crippen LogP contribution in [-0.4, -0.2) is 35.3 Å². The van der Waals surface area contributed by atoms with E-state index in [0.717, 1.165) is 0 Å². The van der Waals surface area contributed by atoms with Crippen molar-refractivity contribution in [2.75, 3.05) is 24.3 Å². The van der Waals surface area contributed by atoms with Crippen LogP contribution in [0, 0.1) is 0 Å². The fraction of sp³-hybridized carbons (Fsp3) is 0.250. The van der Waals surface area contributed by atoms with Crippen molar-refractivity contribution in [2.45, 2.75) is 6.29 Å². The molecule has 3 rings (SSSR count). The minimum atomic E-state index is -3.63. The lowest BCUT2D eigenvalue weighted by atomic mass is 10.3. The number of nitrogens with one attached hydrogen (secondary N) is 1. The summed E-state index contributed by atoms with van der Waals surface area (Å²) in [6.07, 6.45) is -2.28. The van der Waals surface area contributed by atoms with Crippen LogP contribution >= 0.6 is 0 Å². The molecule has 21 heavy (non-hydrogen) atoms. The maximum atomic E-state index is 12.9. The van der Waals surface area contributed by atoms with Gasteiger partial charge in [-0.05, 0) is 12.1 Å². The van der Waals surface area contributed by atoms with Gasteiger partial charge in [0.2, 0.25) is 11.9 Å². The summed E-state index contributed by atoms with van der Waals surface area (Å²) in [4.78, 5) is 13.8. The van der Waals surface area contributed by atoms with Gasteiger partial charge in [0.1, 0.15) is 6.33 Å². The molecule has 0 spiro atoms. The Bertz CT molecular complexity index is 680. The maximum absolute atomic E-state index is 12.9. The van der Waals surface area contributed by atoms with Crippen LogP contribution in [0.15, 0.2) is 24.5 Å². The van der Waals surface area contributed by atoms with Gasteiger partial charge in [-0.3, -0.25) is 0 Å². The highest BCUT2D eigenvalue weighted by molar-refractivity contribution is 5.60. The molecule has 2 heterocycles. The van der Waals surface area contributed by atoms with Crippen molar-refractivity contribution in [2.24, 2.45) is 0 Å². The van der Waals surface area contributed by atoms with Gasteiger partial charge in [0, 0.05) is 25.8 Å². The van der Waals surface area contributed by atoms with Crippen LogP contribution in [0.3, 0.4) is 0 Å². The molecule has 0 saturated carbocycles. The van der Waals surface area contributed by atoms with E-state index in [-0.39, 0.29) is 11.5 Å². The average Bonchev–Trinajstić information content (AvgIpc) is 2.72. The Morgan fingerprint density at radius 2 is 1.90 bits per heavy atom. The molecule has 1 aliphatic heterocycles. The summed E-state index contributed by atoms with van der Waals surface area (Å²) in [6, 6.07) is 4.32. The number of fused-ring (bicyclic) bond motifs is 1. The van der Waals surface area contributed by atoms with Gasteiger partial charge < -0.3 is 19.7 Å². The smallest absolute Gasteiger partial charge is 0.395 e. The molecule has 0 unspecified atom stereocenters. The molecule has 1 aromatic carbocycles. The number of anilines is 3. The Balaban J connectivity index is 1.82. The van der Waals surface area contributed by atoms with Gasteiger partial charge in [-0.25, -0.2) is 9.97 Å². The Labute approximate surface area is 118 Å². The van der Waals surface area contributed by atoms with Crippen LogP contribution in [-0.2, 0) is 0 Å². The van der Waals surface area contributed by atoms with E-state index in [2.05, 4.69) is 29.7 Å². The highest BCUT2D eigenvalue weighted by Gasteiger charge is 2.43. The zero-order chi connectivity index (χ0) is 15.0. The fourth-order valence-electron chi connectivity index (χ4n) is 1.72. The summed E-state index contributed by atoms with van der Waals surface area (Å²) >= 11 is 0. The van der Waals surface area contributed by atoms with Crippen molar-refractivity contribution in [3.05, 3.63) is 24.5 Å². The lowest BCUT2D eigenvalue weighted by molar-refractivity contribution is -0.286. The van der Waals surface area contributed by atoms with Crippen molar-refractivity contribution < 1.29 is 18.3 Å². The zero-order valence-corrected chi connectivity index (χ0v) is 11.2. The predicted octanol–water partition coefficient (Wildman–Crippen LogP) is 2.00. The second kappa shape index (κ2) is 4.69. The zero-order valence-electron chi connectivity index (χ0n) is 11.2. The summed E-state index contributed by atoms with van der Waals surface area (Å²) in [5.41, 5.74) is 0.492. The summed E-state index contributed by atoms with van der Waals surface area (Å²) in [6.45, 7) is 0. The quantitative estimate of drug-likeness (QED) is 0.928. The predicted molar refractivity (Wildman–Crippen MR) is 70.1 cm³/mol. The molecular formula is C12H11F2N5O2. The molecule has 0 aliphatic carbocycles. The standard InChI is InChI=1S/C12H11F2N5O2/c1-19(2)11-16-6-15-10(18-11)17-7-3-4-8-9(5-7)21-12(13,14)20-8/h3-6H,1-2H3,(H,15,16,17,18). The van der Waals surface area contributed by atoms with Crippen LogP contribution in [0.5, 0.6) is 11.5 Å². The van der Waals surface area contributed by atoms with Crippen molar-refractivity contribution in [3.63, 3.8) is 0 Å². The lowest BCUT2D eigenvalue weighted by Gasteiger charge is -2.11. The first kappa shape index (κ1) is 13.3. The van der Waals surface area contributed by atoms with E-state index in [1.807, 2.05) is 0 Å². The van der Waals surface area contributed by atoms with Gasteiger partial charge in [0.05, 0.1) is 0 Å². The maximum Gasteiger partial charge on any atom is 0.586 e. The highest BCUT2D eigenvalue weighted by atomic mass is 19.3. The third-order valence-electron chi connectivity index (χ3n) is 2.62. The third-order valence-corrected chi connectivity index (χ3v) is 2.62. The van der Waals surface area contributed by atoms with Crippen LogP contribution < -0.4 is 19.7 Å². The number of benzene rings is 1. The van der Waals surface area contributed by atoms with Gasteiger partial charge in [-0.2, -0.15) is 4.98 Å². The third kappa shape index (κ3) is 2.76. The average molecular weight is 295 g/mol. The van der Waals surface area contributed by atoms with Crippen molar-refractivity contribution in [1.29, 1.82) is 0 Å². The molecule has 7 nitrogen and oxygen atoms in total. The number of alkyl halides is 2. The first-order valence-electron chi connectivity index (χ1n) is 5.96. The van der Waals surface area contributed by atoms with Crippen molar-refractivity contribution >= 4 is 17.6 Å². The van der Waals surface area contributed by atoms with E-state index in [4.69, 9.17) is 0 Å². The minimum Gasteiger partial charge on any atom is -0.395 e. The summed E-state index contributed by atoms with van der Waals surface area (Å²) < 4.78 is 34.6. The van der Waals surface area contributed by atoms with Gasteiger partial charge in [0.25, 0.3) is 0 Å². The molecule has 1 aromatic heterocycles. The molecule has 110 valence electrons. The first-order valence-corrected chi connectivity index (χ1v) is 5.96. The van der Waals surface area contributed by atoms with E-state index in [0.29, 0.717) is 17.6 Å². The topological polar surface area (TPSA) is 72.4 Å². The molecule has 1 aliphatic rings. The largest absolute Gasteiger partial charge is 0.586 e. The van der Waals surface area contributed by atoms with E-state index in [9.17, 15) is 8.78 Å². The van der Waals surface area contributed by atoms with Crippen LogP contribution in [0.2, 0.25) is 0 Å². The molecule has 0 atom stereocenters. The Kier molecular flexibility index (Phi) is 2.96. The van der Waals surface area contributed by atoms with Gasteiger partial charge in [-0.15, -0.1) is 8.78 Å². The number of aromatic nitrogens is 3. The first-order chi connectivity index (χ1) is 9.93. The van der Waals surface area contributed by atoms with Crippen LogP contribution in [0.4, 0.5) is 26.4 Å². The molecular weight excluding hydrogens is 284 g/mol. The Morgan fingerprint density at radius 1 is 1.14 bits per heavy atom. The van der Waals surface area contributed by atoms with Gasteiger partial charge >= 0.3 is 6.29 Å². The van der Waals surface area contributed by atoms with E-state index < -0.39 is 6.29 Å². The molecule has 1 N–H and O–H groups in total. The molecule has 0 fully saturated rings. The number of hydrogen-bond acceptors (Lipinski definition) is 7. The van der Waals surface area contributed by atoms with E-state index in [1.165, 1.54) is 18.5 Å². The molecule has 2 aromatic rings. The SMILES string of the molecule is CN(C)c1ncnc(Nc2ccc3c(c2)OC(F)(F)O3)n1. The molecule has 0 bridgehead atoms. The van der Waals surface area contributed by atoms with E-state index >= 15 is 0 Å². The number of ether oxygens (including phenoxy) is 2. The number of hydrogen-bond donors (Lipinski definition) is 1. The fourth-order valence-corrected chi connectivity index (χ4v) is 1.72. The Hall–Kier alpha value is -2.71. The number of rotatable bonds is 3. The van der Waals surface area contributed by atoms with Crippen molar-refractivity contribution in [3.8, 4) is 11.5 Å². The number of halogens is 2. The Morgan fingerprint density at radius 3 is 2.67 bits per heavy atom. The van der Waals surface area contributed by atoms with E-state index in [1.54, 1.807) is 25.1 Å². The van der Waals surface area contributed by atoms with Gasteiger partial charge in [-0.1, -0.05) is 0 Å². The minimum absolute atomic E-state index is 0.0184. The molecule has 0 radical (unpaired) electrons. The van der Waals surface area contributed by atoms with Crippen molar-refractivity contribution in [1.82, 2.24) is 15.0 Å². The van der Waals surface area contributed by atoms with Crippen LogP contribution in [0.1, 0.15) is 0 Å². The second-order valence-electron chi connectivity index (χ2n) is 4.46. The van der Waals surface area contributed by atoms with Crippen LogP contribution in [0.25, 0.3) is 0 Å². The molecule has 0 saturated heterocycles. The number of nitrogens with zero attached hydrogens (tertiary/aromatic N) is 4. The summed E-state index contributed by atoms with van der Waals surface area (Å²) in [5, 5.41) is 2.89. The highest BCUT2D eigenvalue weighted by Crippen LogP contribution is 2.42. The monoisotopic (exact) mass is 295 g/mol. The second-order valence-corrected chi connectivity index (χ2v) is 4.46. The lowest BCUT2D eigenvalue weighted by Crippen LogP contribution is -2.25. The summed E-state index contributed by atoms with van der Waals surface area (Å²) in [5.74, 6) is 0.696. The summed E-state index contributed by atoms with van der Waals surface area (Å²) in [7, 11) is 3.59. The normalized spacial score (nSPS) is 14.9.